The molecule has 0 aliphatic carbocycles. The van der Waals surface area contributed by atoms with Crippen molar-refractivity contribution >= 4 is 32.5 Å². The second kappa shape index (κ2) is 5.88. The SMILES string of the molecule is O=c1c2cc([N+](=O)[O-])ccc2ncn1Cc1cc(Br)ccc1F. The molecule has 0 fully saturated rings. The van der Waals surface area contributed by atoms with Gasteiger partial charge < -0.3 is 0 Å². The molecule has 8 heteroatoms. The number of benzene rings is 2. The van der Waals surface area contributed by atoms with Crippen LogP contribution in [0.4, 0.5) is 10.1 Å². The highest BCUT2D eigenvalue weighted by Gasteiger charge is 2.12. The van der Waals surface area contributed by atoms with Crippen LogP contribution in [0.5, 0.6) is 0 Å². The zero-order chi connectivity index (χ0) is 16.6. The summed E-state index contributed by atoms with van der Waals surface area (Å²) in [5.41, 5.74) is 0.0143. The van der Waals surface area contributed by atoms with Gasteiger partial charge in [0.15, 0.2) is 0 Å². The predicted molar refractivity (Wildman–Crippen MR) is 85.9 cm³/mol. The number of fused-ring (bicyclic) bond motifs is 1. The van der Waals surface area contributed by atoms with Crippen LogP contribution < -0.4 is 5.56 Å². The maximum Gasteiger partial charge on any atom is 0.270 e. The fourth-order valence-corrected chi connectivity index (χ4v) is 2.63. The lowest BCUT2D eigenvalue weighted by atomic mass is 10.2. The molecule has 0 aliphatic rings. The summed E-state index contributed by atoms with van der Waals surface area (Å²) in [5.74, 6) is -0.445. The van der Waals surface area contributed by atoms with E-state index in [-0.39, 0.29) is 17.6 Å². The lowest BCUT2D eigenvalue weighted by molar-refractivity contribution is -0.384. The number of hydrogen-bond donors (Lipinski definition) is 0. The van der Waals surface area contributed by atoms with Crippen molar-refractivity contribution in [2.45, 2.75) is 6.54 Å². The first kappa shape index (κ1) is 15.3. The maximum absolute atomic E-state index is 13.8. The molecule has 116 valence electrons. The number of aromatic nitrogens is 2. The number of hydrogen-bond acceptors (Lipinski definition) is 4. The Morgan fingerprint density at radius 3 is 2.78 bits per heavy atom. The molecule has 3 aromatic rings. The minimum atomic E-state index is -0.579. The number of rotatable bonds is 3. The highest BCUT2D eigenvalue weighted by atomic mass is 79.9. The summed E-state index contributed by atoms with van der Waals surface area (Å²) in [6.07, 6.45) is 1.30. The lowest BCUT2D eigenvalue weighted by Gasteiger charge is -2.08. The van der Waals surface area contributed by atoms with Crippen molar-refractivity contribution in [1.82, 2.24) is 9.55 Å². The van der Waals surface area contributed by atoms with E-state index >= 15 is 0 Å². The third-order valence-corrected chi connectivity index (χ3v) is 3.86. The van der Waals surface area contributed by atoms with Gasteiger partial charge in [-0.3, -0.25) is 19.5 Å². The van der Waals surface area contributed by atoms with Gasteiger partial charge in [0.1, 0.15) is 5.82 Å². The van der Waals surface area contributed by atoms with Gasteiger partial charge in [0.2, 0.25) is 0 Å². The molecule has 1 aromatic heterocycles. The molecule has 0 aliphatic heterocycles. The number of halogens is 2. The lowest BCUT2D eigenvalue weighted by Crippen LogP contribution is -2.21. The van der Waals surface area contributed by atoms with Gasteiger partial charge >= 0.3 is 0 Å². The van der Waals surface area contributed by atoms with E-state index in [0.717, 1.165) is 0 Å². The summed E-state index contributed by atoms with van der Waals surface area (Å²) in [6, 6.07) is 8.30. The first-order chi connectivity index (χ1) is 11.0. The monoisotopic (exact) mass is 377 g/mol. The van der Waals surface area contributed by atoms with Crippen LogP contribution >= 0.6 is 15.9 Å². The van der Waals surface area contributed by atoms with Crippen LogP contribution in [0, 0.1) is 15.9 Å². The zero-order valence-electron chi connectivity index (χ0n) is 11.6. The summed E-state index contributed by atoms with van der Waals surface area (Å²) in [7, 11) is 0. The minimum Gasteiger partial charge on any atom is -0.294 e. The highest BCUT2D eigenvalue weighted by Crippen LogP contribution is 2.18. The normalized spacial score (nSPS) is 10.9. The van der Waals surface area contributed by atoms with Gasteiger partial charge in [-0.15, -0.1) is 0 Å². The highest BCUT2D eigenvalue weighted by molar-refractivity contribution is 9.10. The Kier molecular flexibility index (Phi) is 3.91. The molecule has 0 saturated heterocycles. The summed E-state index contributed by atoms with van der Waals surface area (Å²) in [4.78, 5) is 26.8. The van der Waals surface area contributed by atoms with E-state index in [1.165, 1.54) is 35.2 Å². The third-order valence-electron chi connectivity index (χ3n) is 3.37. The third kappa shape index (κ3) is 2.98. The van der Waals surface area contributed by atoms with Crippen LogP contribution in [-0.2, 0) is 6.54 Å². The molecule has 23 heavy (non-hydrogen) atoms. The Labute approximate surface area is 137 Å². The second-order valence-electron chi connectivity index (χ2n) is 4.87. The molecule has 0 unspecified atom stereocenters. The van der Waals surface area contributed by atoms with Crippen molar-refractivity contribution in [1.29, 1.82) is 0 Å². The molecular weight excluding hydrogens is 369 g/mol. The molecule has 3 rings (SSSR count). The van der Waals surface area contributed by atoms with Crippen molar-refractivity contribution in [2.75, 3.05) is 0 Å². The van der Waals surface area contributed by atoms with Crippen LogP contribution in [0.1, 0.15) is 5.56 Å². The number of nitro benzene ring substituents is 1. The van der Waals surface area contributed by atoms with Gasteiger partial charge in [0.25, 0.3) is 11.2 Å². The van der Waals surface area contributed by atoms with Crippen LogP contribution in [0.25, 0.3) is 10.9 Å². The van der Waals surface area contributed by atoms with Crippen LogP contribution in [-0.4, -0.2) is 14.5 Å². The number of nitro groups is 1. The smallest absolute Gasteiger partial charge is 0.270 e. The Balaban J connectivity index is 2.11. The van der Waals surface area contributed by atoms with E-state index in [1.54, 1.807) is 12.1 Å². The topological polar surface area (TPSA) is 78.0 Å². The second-order valence-corrected chi connectivity index (χ2v) is 5.79. The summed E-state index contributed by atoms with van der Waals surface area (Å²) < 4.78 is 15.7. The average Bonchev–Trinajstić information content (AvgIpc) is 2.53. The van der Waals surface area contributed by atoms with Gasteiger partial charge in [-0.1, -0.05) is 15.9 Å². The fraction of sp³-hybridized carbons (Fsp3) is 0.0667. The quantitative estimate of drug-likeness (QED) is 0.518. The molecule has 0 N–H and O–H groups in total. The molecule has 0 bridgehead atoms. The first-order valence-electron chi connectivity index (χ1n) is 6.53. The van der Waals surface area contributed by atoms with Gasteiger partial charge in [-0.25, -0.2) is 9.37 Å². The van der Waals surface area contributed by atoms with E-state index in [4.69, 9.17) is 0 Å². The predicted octanol–water partition coefficient (Wildman–Crippen LogP) is 3.25. The molecular formula is C15H9BrFN3O3. The molecule has 6 nitrogen and oxygen atoms in total. The molecule has 1 heterocycles. The zero-order valence-corrected chi connectivity index (χ0v) is 13.2. The summed E-state index contributed by atoms with van der Waals surface area (Å²) >= 11 is 3.25. The molecule has 0 atom stereocenters. The largest absolute Gasteiger partial charge is 0.294 e. The molecule has 0 saturated carbocycles. The Morgan fingerprint density at radius 1 is 1.26 bits per heavy atom. The molecule has 0 radical (unpaired) electrons. The fourth-order valence-electron chi connectivity index (χ4n) is 2.22. The first-order valence-corrected chi connectivity index (χ1v) is 7.32. The van der Waals surface area contributed by atoms with Crippen LogP contribution in [0.15, 0.2) is 52.0 Å². The van der Waals surface area contributed by atoms with Crippen molar-refractivity contribution in [3.8, 4) is 0 Å². The van der Waals surface area contributed by atoms with Crippen molar-refractivity contribution in [2.24, 2.45) is 0 Å². The number of non-ortho nitro benzene ring substituents is 1. The van der Waals surface area contributed by atoms with E-state index in [9.17, 15) is 19.3 Å². The van der Waals surface area contributed by atoms with E-state index in [1.807, 2.05) is 0 Å². The van der Waals surface area contributed by atoms with E-state index in [2.05, 4.69) is 20.9 Å². The summed E-state index contributed by atoms with van der Waals surface area (Å²) in [5, 5.41) is 11.0. The summed E-state index contributed by atoms with van der Waals surface area (Å²) in [6.45, 7) is -0.0181. The molecule has 0 spiro atoms. The Bertz CT molecular complexity index is 987. The Morgan fingerprint density at radius 2 is 2.04 bits per heavy atom. The number of nitrogens with zero attached hydrogens (tertiary/aromatic N) is 3. The van der Waals surface area contributed by atoms with Gasteiger partial charge in [0, 0.05) is 22.2 Å². The molecule has 2 aromatic carbocycles. The van der Waals surface area contributed by atoms with Crippen molar-refractivity contribution in [3.05, 3.63) is 79.0 Å². The Hall–Kier alpha value is -2.61. The van der Waals surface area contributed by atoms with Gasteiger partial charge in [0.05, 0.1) is 28.7 Å². The minimum absolute atomic E-state index is 0.0181. The average molecular weight is 378 g/mol. The molecule has 0 amide bonds. The van der Waals surface area contributed by atoms with Crippen molar-refractivity contribution < 1.29 is 9.31 Å². The maximum atomic E-state index is 13.8. The van der Waals surface area contributed by atoms with E-state index < -0.39 is 16.3 Å². The van der Waals surface area contributed by atoms with Crippen LogP contribution in [0.3, 0.4) is 0 Å². The van der Waals surface area contributed by atoms with Crippen LogP contribution in [0.2, 0.25) is 0 Å². The van der Waals surface area contributed by atoms with Crippen molar-refractivity contribution in [3.63, 3.8) is 0 Å². The standard InChI is InChI=1S/C15H9BrFN3O3/c16-10-1-3-13(17)9(5-10)7-19-8-18-14-4-2-11(20(22)23)6-12(14)15(19)21/h1-6,8H,7H2. The van der Waals surface area contributed by atoms with Gasteiger partial charge in [-0.05, 0) is 24.3 Å². The van der Waals surface area contributed by atoms with Gasteiger partial charge in [-0.2, -0.15) is 0 Å². The van der Waals surface area contributed by atoms with E-state index in [0.29, 0.717) is 15.6 Å².